The topological polar surface area (TPSA) is 94.4 Å². The number of hydrogen-bond donors (Lipinski definition) is 2. The fourth-order valence-corrected chi connectivity index (χ4v) is 1.33. The number of aliphatic hydroxyl groups is 1. The first-order chi connectivity index (χ1) is 7.87. The van der Waals surface area contributed by atoms with E-state index in [1.54, 1.807) is 14.0 Å². The van der Waals surface area contributed by atoms with Gasteiger partial charge in [0.05, 0.1) is 12.0 Å². The van der Waals surface area contributed by atoms with Crippen molar-refractivity contribution in [3.63, 3.8) is 0 Å². The maximum Gasteiger partial charge on any atom is 0.229 e. The molecule has 0 saturated heterocycles. The van der Waals surface area contributed by atoms with Gasteiger partial charge < -0.3 is 20.1 Å². The second-order valence-electron chi connectivity index (χ2n) is 4.68. The van der Waals surface area contributed by atoms with E-state index in [1.807, 2.05) is 13.8 Å². The Balaban J connectivity index is 2.85. The summed E-state index contributed by atoms with van der Waals surface area (Å²) in [5.41, 5.74) is 3.85. The molecule has 98 valence electrons. The smallest absolute Gasteiger partial charge is 0.229 e. The van der Waals surface area contributed by atoms with Crippen LogP contribution in [-0.2, 0) is 16.8 Å². The number of hydrogen-bond acceptors (Lipinski definition) is 6. The Morgan fingerprint density at radius 2 is 2.12 bits per heavy atom. The third-order valence-electron chi connectivity index (χ3n) is 3.04. The van der Waals surface area contributed by atoms with Crippen LogP contribution in [0.1, 0.15) is 38.9 Å². The van der Waals surface area contributed by atoms with E-state index in [2.05, 4.69) is 10.1 Å². The summed E-state index contributed by atoms with van der Waals surface area (Å²) in [5, 5.41) is 13.7. The van der Waals surface area contributed by atoms with E-state index in [4.69, 9.17) is 15.0 Å². The molecule has 0 radical (unpaired) electrons. The Labute approximate surface area is 101 Å². The van der Waals surface area contributed by atoms with Gasteiger partial charge in [0.2, 0.25) is 11.7 Å². The molecule has 0 aromatic carbocycles. The first-order valence-electron chi connectivity index (χ1n) is 5.67. The molecular weight excluding hydrogens is 222 g/mol. The number of methoxy groups -OCH3 is 1. The molecule has 2 atom stereocenters. The van der Waals surface area contributed by atoms with Gasteiger partial charge in [0, 0.05) is 13.7 Å². The molecule has 0 aliphatic carbocycles. The molecule has 6 heteroatoms. The van der Waals surface area contributed by atoms with Crippen LogP contribution in [0.5, 0.6) is 0 Å². The predicted octanol–water partition coefficient (Wildman–Crippen LogP) is 0.593. The zero-order valence-corrected chi connectivity index (χ0v) is 10.9. The van der Waals surface area contributed by atoms with Gasteiger partial charge in [0.15, 0.2) is 0 Å². The highest BCUT2D eigenvalue weighted by Gasteiger charge is 2.31. The summed E-state index contributed by atoms with van der Waals surface area (Å²) >= 11 is 0. The Hall–Kier alpha value is -0.980. The van der Waals surface area contributed by atoms with Gasteiger partial charge in [-0.15, -0.1) is 0 Å². The third kappa shape index (κ3) is 3.24. The van der Waals surface area contributed by atoms with Crippen molar-refractivity contribution in [1.29, 1.82) is 0 Å². The van der Waals surface area contributed by atoms with Crippen LogP contribution in [0.25, 0.3) is 0 Å². The molecule has 0 aliphatic heterocycles. The molecule has 2 unspecified atom stereocenters. The van der Waals surface area contributed by atoms with E-state index in [9.17, 15) is 5.11 Å². The lowest BCUT2D eigenvalue weighted by atomic mass is 10.0. The van der Waals surface area contributed by atoms with Crippen molar-refractivity contribution in [2.24, 2.45) is 5.73 Å². The number of ether oxygens (including phenoxy) is 1. The largest absolute Gasteiger partial charge is 0.388 e. The molecular formula is C11H21N3O3. The molecule has 0 fully saturated rings. The van der Waals surface area contributed by atoms with Gasteiger partial charge in [-0.2, -0.15) is 4.98 Å². The number of nitrogens with zero attached hydrogens (tertiary/aromatic N) is 2. The average Bonchev–Trinajstić information content (AvgIpc) is 2.76. The second-order valence-corrected chi connectivity index (χ2v) is 4.68. The number of rotatable bonds is 6. The predicted molar refractivity (Wildman–Crippen MR) is 62.3 cm³/mol. The molecule has 17 heavy (non-hydrogen) atoms. The van der Waals surface area contributed by atoms with E-state index >= 15 is 0 Å². The zero-order chi connectivity index (χ0) is 13.1. The Bertz CT molecular complexity index is 359. The van der Waals surface area contributed by atoms with Crippen molar-refractivity contribution in [2.75, 3.05) is 13.7 Å². The number of aromatic nitrogens is 2. The molecule has 1 aromatic heterocycles. The summed E-state index contributed by atoms with van der Waals surface area (Å²) in [6.45, 7) is 5.64. The zero-order valence-electron chi connectivity index (χ0n) is 10.9. The van der Waals surface area contributed by atoms with Crippen LogP contribution < -0.4 is 5.73 Å². The quantitative estimate of drug-likeness (QED) is 0.759. The maximum absolute atomic E-state index is 9.82. The van der Waals surface area contributed by atoms with E-state index < -0.39 is 11.2 Å². The minimum Gasteiger partial charge on any atom is -0.388 e. The third-order valence-corrected chi connectivity index (χ3v) is 3.04. The van der Waals surface area contributed by atoms with E-state index in [-0.39, 0.29) is 13.0 Å². The molecule has 1 rings (SSSR count). The van der Waals surface area contributed by atoms with Gasteiger partial charge in [-0.05, 0) is 20.3 Å². The van der Waals surface area contributed by atoms with E-state index in [1.165, 1.54) is 0 Å². The first kappa shape index (κ1) is 14.1. The summed E-state index contributed by atoms with van der Waals surface area (Å²) in [5.74, 6) is 0.859. The summed E-state index contributed by atoms with van der Waals surface area (Å²) < 4.78 is 10.5. The Kier molecular flexibility index (Phi) is 4.24. The van der Waals surface area contributed by atoms with Crippen LogP contribution in [0.2, 0.25) is 0 Å². The van der Waals surface area contributed by atoms with Crippen molar-refractivity contribution in [3.8, 4) is 0 Å². The second kappa shape index (κ2) is 5.12. The minimum atomic E-state index is -1.03. The summed E-state index contributed by atoms with van der Waals surface area (Å²) in [6.07, 6.45) is 0.968. The fraction of sp³-hybridized carbons (Fsp3) is 0.818. The average molecular weight is 243 g/mol. The number of nitrogens with two attached hydrogens (primary N) is 1. The lowest BCUT2D eigenvalue weighted by Gasteiger charge is -2.22. The van der Waals surface area contributed by atoms with Gasteiger partial charge in [-0.3, -0.25) is 0 Å². The molecule has 1 heterocycles. The molecule has 6 nitrogen and oxygen atoms in total. The lowest BCUT2D eigenvalue weighted by Crippen LogP contribution is -2.36. The summed E-state index contributed by atoms with van der Waals surface area (Å²) in [6, 6.07) is 0. The molecule has 0 amide bonds. The fourth-order valence-electron chi connectivity index (χ4n) is 1.33. The lowest BCUT2D eigenvalue weighted by molar-refractivity contribution is -0.0106. The summed E-state index contributed by atoms with van der Waals surface area (Å²) in [7, 11) is 1.61. The van der Waals surface area contributed by atoms with Crippen LogP contribution in [0.4, 0.5) is 0 Å². The van der Waals surface area contributed by atoms with Crippen LogP contribution in [0.3, 0.4) is 0 Å². The normalized spacial score (nSPS) is 18.7. The van der Waals surface area contributed by atoms with Crippen LogP contribution in [0.15, 0.2) is 4.52 Å². The van der Waals surface area contributed by atoms with Gasteiger partial charge in [0.1, 0.15) is 5.60 Å². The highest BCUT2D eigenvalue weighted by Crippen LogP contribution is 2.25. The highest BCUT2D eigenvalue weighted by molar-refractivity contribution is 5.00. The van der Waals surface area contributed by atoms with Gasteiger partial charge in [-0.1, -0.05) is 12.1 Å². The molecule has 0 saturated carbocycles. The van der Waals surface area contributed by atoms with Crippen LogP contribution in [0, 0.1) is 0 Å². The Morgan fingerprint density at radius 1 is 1.47 bits per heavy atom. The van der Waals surface area contributed by atoms with Crippen LogP contribution in [-0.4, -0.2) is 34.5 Å². The molecule has 3 N–H and O–H groups in total. The highest BCUT2D eigenvalue weighted by atomic mass is 16.5. The van der Waals surface area contributed by atoms with Crippen molar-refractivity contribution >= 4 is 0 Å². The van der Waals surface area contributed by atoms with Gasteiger partial charge in [-0.25, -0.2) is 0 Å². The summed E-state index contributed by atoms with van der Waals surface area (Å²) in [4.78, 5) is 4.24. The van der Waals surface area contributed by atoms with Crippen molar-refractivity contribution < 1.29 is 14.4 Å². The SMILES string of the molecule is CCC(C)(OC)c1noc(CC(C)(O)CN)n1. The van der Waals surface area contributed by atoms with Gasteiger partial charge >= 0.3 is 0 Å². The monoisotopic (exact) mass is 243 g/mol. The van der Waals surface area contributed by atoms with Crippen molar-refractivity contribution in [3.05, 3.63) is 11.7 Å². The maximum atomic E-state index is 9.82. The van der Waals surface area contributed by atoms with E-state index in [0.717, 1.165) is 6.42 Å². The van der Waals surface area contributed by atoms with Crippen molar-refractivity contribution in [2.45, 2.75) is 44.8 Å². The van der Waals surface area contributed by atoms with Crippen molar-refractivity contribution in [1.82, 2.24) is 10.1 Å². The molecule has 0 aliphatic rings. The van der Waals surface area contributed by atoms with Gasteiger partial charge in [0.25, 0.3) is 0 Å². The van der Waals surface area contributed by atoms with Crippen LogP contribution >= 0.6 is 0 Å². The molecule has 1 aromatic rings. The van der Waals surface area contributed by atoms with E-state index in [0.29, 0.717) is 11.7 Å². The Morgan fingerprint density at radius 3 is 2.59 bits per heavy atom. The first-order valence-corrected chi connectivity index (χ1v) is 5.67. The molecule has 0 bridgehead atoms. The minimum absolute atomic E-state index is 0.139. The standard InChI is InChI=1S/C11H21N3O3/c1-5-11(3,16-4)9-13-8(17-14-9)6-10(2,15)7-12/h15H,5-7,12H2,1-4H3. The molecule has 0 spiro atoms.